The van der Waals surface area contributed by atoms with E-state index < -0.39 is 0 Å². The third kappa shape index (κ3) is 6.04. The van der Waals surface area contributed by atoms with Crippen LogP contribution in [-0.2, 0) is 6.54 Å². The molecule has 1 fully saturated rings. The first-order valence-electron chi connectivity index (χ1n) is 12.2. The summed E-state index contributed by atoms with van der Waals surface area (Å²) >= 11 is 0. The zero-order valence-electron chi connectivity index (χ0n) is 19.5. The standard InChI is InChI=1S/C27H33N5O2/c28-25-24(19-31-32(25)23-11-5-2-6-12-23)27(34)30-18-21-13-15-22(16-14-21)26(33)29-17-7-10-20-8-3-1-4-9-20/h2,5-6,11-16,19-20H,1,3-4,7-10,17-18,28H2,(H,29,33)(H,30,34). The van der Waals surface area contributed by atoms with E-state index in [0.29, 0.717) is 30.0 Å². The van der Waals surface area contributed by atoms with Gasteiger partial charge in [0, 0.05) is 18.7 Å². The molecule has 1 aromatic heterocycles. The Morgan fingerprint density at radius 2 is 1.68 bits per heavy atom. The fourth-order valence-corrected chi connectivity index (χ4v) is 4.53. The van der Waals surface area contributed by atoms with Crippen LogP contribution < -0.4 is 16.4 Å². The summed E-state index contributed by atoms with van der Waals surface area (Å²) in [6, 6.07) is 16.7. The topological polar surface area (TPSA) is 102 Å². The highest BCUT2D eigenvalue weighted by Crippen LogP contribution is 2.27. The van der Waals surface area contributed by atoms with Crippen LogP contribution in [0.4, 0.5) is 5.82 Å². The molecule has 1 heterocycles. The predicted octanol–water partition coefficient (Wildman–Crippen LogP) is 4.47. The van der Waals surface area contributed by atoms with E-state index in [9.17, 15) is 9.59 Å². The molecular formula is C27H33N5O2. The Morgan fingerprint density at radius 1 is 0.941 bits per heavy atom. The van der Waals surface area contributed by atoms with Crippen LogP contribution in [0, 0.1) is 5.92 Å². The van der Waals surface area contributed by atoms with E-state index in [0.717, 1.165) is 23.6 Å². The lowest BCUT2D eigenvalue weighted by Crippen LogP contribution is -2.25. The maximum absolute atomic E-state index is 12.6. The summed E-state index contributed by atoms with van der Waals surface area (Å²) < 4.78 is 1.54. The average molecular weight is 460 g/mol. The Balaban J connectivity index is 1.23. The van der Waals surface area contributed by atoms with Crippen LogP contribution in [0.15, 0.2) is 60.8 Å². The zero-order valence-corrected chi connectivity index (χ0v) is 19.5. The molecule has 0 aliphatic heterocycles. The monoisotopic (exact) mass is 459 g/mol. The summed E-state index contributed by atoms with van der Waals surface area (Å²) in [4.78, 5) is 25.0. The second kappa shape index (κ2) is 11.5. The Kier molecular flexibility index (Phi) is 7.96. The van der Waals surface area contributed by atoms with Gasteiger partial charge in [0.25, 0.3) is 11.8 Å². The van der Waals surface area contributed by atoms with Crippen molar-refractivity contribution in [3.8, 4) is 5.69 Å². The van der Waals surface area contributed by atoms with E-state index in [4.69, 9.17) is 5.73 Å². The maximum atomic E-state index is 12.6. The van der Waals surface area contributed by atoms with Gasteiger partial charge in [0.2, 0.25) is 0 Å². The highest BCUT2D eigenvalue weighted by atomic mass is 16.2. The van der Waals surface area contributed by atoms with Gasteiger partial charge >= 0.3 is 0 Å². The molecule has 2 amide bonds. The van der Waals surface area contributed by atoms with Crippen LogP contribution in [0.25, 0.3) is 5.69 Å². The molecule has 1 aliphatic rings. The molecule has 178 valence electrons. The number of nitrogens with zero attached hydrogens (tertiary/aromatic N) is 2. The van der Waals surface area contributed by atoms with Crippen LogP contribution in [0.5, 0.6) is 0 Å². The predicted molar refractivity (Wildman–Crippen MR) is 134 cm³/mol. The smallest absolute Gasteiger partial charge is 0.256 e. The largest absolute Gasteiger partial charge is 0.383 e. The van der Waals surface area contributed by atoms with E-state index in [1.165, 1.54) is 49.4 Å². The van der Waals surface area contributed by atoms with Gasteiger partial charge in [-0.25, -0.2) is 4.68 Å². The number of carbonyl (C=O) groups excluding carboxylic acids is 2. The van der Waals surface area contributed by atoms with Gasteiger partial charge in [-0.3, -0.25) is 9.59 Å². The molecular weight excluding hydrogens is 426 g/mol. The van der Waals surface area contributed by atoms with Crippen molar-refractivity contribution in [2.45, 2.75) is 51.5 Å². The van der Waals surface area contributed by atoms with Crippen LogP contribution in [0.3, 0.4) is 0 Å². The summed E-state index contributed by atoms with van der Waals surface area (Å²) in [5.74, 6) is 0.780. The molecule has 3 aromatic rings. The first-order valence-corrected chi connectivity index (χ1v) is 12.2. The molecule has 7 heteroatoms. The Morgan fingerprint density at radius 3 is 2.41 bits per heavy atom. The number of carbonyl (C=O) groups is 2. The van der Waals surface area contributed by atoms with Crippen molar-refractivity contribution in [1.82, 2.24) is 20.4 Å². The highest BCUT2D eigenvalue weighted by molar-refractivity contribution is 5.98. The molecule has 2 aromatic carbocycles. The van der Waals surface area contributed by atoms with Gasteiger partial charge in [-0.05, 0) is 48.6 Å². The van der Waals surface area contributed by atoms with Crippen molar-refractivity contribution >= 4 is 17.6 Å². The third-order valence-electron chi connectivity index (χ3n) is 6.52. The van der Waals surface area contributed by atoms with Crippen LogP contribution >= 0.6 is 0 Å². The van der Waals surface area contributed by atoms with Gasteiger partial charge in [-0.1, -0.05) is 62.4 Å². The number of rotatable bonds is 9. The van der Waals surface area contributed by atoms with Gasteiger partial charge in [0.15, 0.2) is 0 Å². The summed E-state index contributed by atoms with van der Waals surface area (Å²) in [5, 5.41) is 10.1. The van der Waals surface area contributed by atoms with Crippen molar-refractivity contribution in [3.05, 3.63) is 77.5 Å². The minimum Gasteiger partial charge on any atom is -0.383 e. The Labute approximate surface area is 200 Å². The SMILES string of the molecule is Nc1c(C(=O)NCc2ccc(C(=O)NCCCC3CCCCC3)cc2)cnn1-c1ccccc1. The summed E-state index contributed by atoms with van der Waals surface area (Å²) in [7, 11) is 0. The second-order valence-electron chi connectivity index (χ2n) is 8.97. The molecule has 34 heavy (non-hydrogen) atoms. The molecule has 0 radical (unpaired) electrons. The lowest BCUT2D eigenvalue weighted by atomic mass is 9.86. The number of hydrogen-bond donors (Lipinski definition) is 3. The number of nitrogen functional groups attached to an aromatic ring is 1. The quantitative estimate of drug-likeness (QED) is 0.411. The number of hydrogen-bond acceptors (Lipinski definition) is 4. The number of aromatic nitrogens is 2. The van der Waals surface area contributed by atoms with Gasteiger partial charge in [-0.15, -0.1) is 0 Å². The van der Waals surface area contributed by atoms with Crippen molar-refractivity contribution in [1.29, 1.82) is 0 Å². The van der Waals surface area contributed by atoms with E-state index in [-0.39, 0.29) is 11.8 Å². The lowest BCUT2D eigenvalue weighted by molar-refractivity contribution is 0.0942. The Hall–Kier alpha value is -3.61. The number of nitrogens with one attached hydrogen (secondary N) is 2. The first-order chi connectivity index (χ1) is 16.6. The minimum atomic E-state index is -0.292. The molecule has 1 saturated carbocycles. The normalized spacial score (nSPS) is 14.0. The van der Waals surface area contributed by atoms with Crippen molar-refractivity contribution in [2.24, 2.45) is 5.92 Å². The number of amides is 2. The fourth-order valence-electron chi connectivity index (χ4n) is 4.53. The van der Waals surface area contributed by atoms with E-state index in [1.807, 2.05) is 42.5 Å². The first kappa shape index (κ1) is 23.5. The summed E-state index contributed by atoms with van der Waals surface area (Å²) in [6.45, 7) is 1.04. The van der Waals surface area contributed by atoms with E-state index in [1.54, 1.807) is 12.1 Å². The van der Waals surface area contributed by atoms with E-state index in [2.05, 4.69) is 15.7 Å². The molecule has 0 atom stereocenters. The van der Waals surface area contributed by atoms with Gasteiger partial charge in [-0.2, -0.15) is 5.10 Å². The molecule has 0 spiro atoms. The van der Waals surface area contributed by atoms with E-state index >= 15 is 0 Å². The maximum Gasteiger partial charge on any atom is 0.256 e. The van der Waals surface area contributed by atoms with Crippen LogP contribution in [0.2, 0.25) is 0 Å². The molecule has 0 bridgehead atoms. The second-order valence-corrected chi connectivity index (χ2v) is 8.97. The van der Waals surface area contributed by atoms with Crippen LogP contribution in [0.1, 0.15) is 71.2 Å². The average Bonchev–Trinajstić information content (AvgIpc) is 3.28. The van der Waals surface area contributed by atoms with Crippen molar-refractivity contribution in [3.63, 3.8) is 0 Å². The third-order valence-corrected chi connectivity index (χ3v) is 6.52. The highest BCUT2D eigenvalue weighted by Gasteiger charge is 2.16. The van der Waals surface area contributed by atoms with Gasteiger partial charge in [0.05, 0.1) is 11.9 Å². The number of nitrogens with two attached hydrogens (primary N) is 1. The summed E-state index contributed by atoms with van der Waals surface area (Å²) in [6.07, 6.45) is 10.5. The minimum absolute atomic E-state index is 0.0553. The number of benzene rings is 2. The van der Waals surface area contributed by atoms with Crippen LogP contribution in [-0.4, -0.2) is 28.1 Å². The molecule has 7 nitrogen and oxygen atoms in total. The molecule has 4 N–H and O–H groups in total. The van der Waals surface area contributed by atoms with Gasteiger partial charge < -0.3 is 16.4 Å². The summed E-state index contributed by atoms with van der Waals surface area (Å²) in [5.41, 5.74) is 8.79. The zero-order chi connectivity index (χ0) is 23.8. The van der Waals surface area contributed by atoms with Gasteiger partial charge in [0.1, 0.15) is 11.4 Å². The molecule has 0 saturated heterocycles. The Bertz CT molecular complexity index is 1090. The number of anilines is 1. The number of para-hydroxylation sites is 1. The fraction of sp³-hybridized carbons (Fsp3) is 0.370. The molecule has 1 aliphatic carbocycles. The van der Waals surface area contributed by atoms with Crippen molar-refractivity contribution < 1.29 is 9.59 Å². The molecule has 0 unspecified atom stereocenters. The molecule has 4 rings (SSSR count). The lowest BCUT2D eigenvalue weighted by Gasteiger charge is -2.21. The van der Waals surface area contributed by atoms with Crippen molar-refractivity contribution in [2.75, 3.05) is 12.3 Å².